The van der Waals surface area contributed by atoms with Crippen molar-refractivity contribution in [2.24, 2.45) is 0 Å². The van der Waals surface area contributed by atoms with Gasteiger partial charge in [0.1, 0.15) is 0 Å². The second-order valence-electron chi connectivity index (χ2n) is 4.06. The van der Waals surface area contributed by atoms with Crippen LogP contribution < -0.4 is 0 Å². The first-order valence-electron chi connectivity index (χ1n) is 5.73. The lowest BCUT2D eigenvalue weighted by molar-refractivity contribution is 0.182. The highest BCUT2D eigenvalue weighted by Crippen LogP contribution is 2.26. The van der Waals surface area contributed by atoms with Gasteiger partial charge in [0.05, 0.1) is 0 Å². The Bertz CT molecular complexity index is 134. The molecule has 1 aliphatic rings. The Labute approximate surface area is 85.1 Å². The average molecular weight is 201 g/mol. The van der Waals surface area contributed by atoms with E-state index in [1.165, 1.54) is 38.4 Å². The highest BCUT2D eigenvalue weighted by Gasteiger charge is 2.27. The van der Waals surface area contributed by atoms with Crippen LogP contribution in [0.15, 0.2) is 0 Å². The first-order valence-corrected chi connectivity index (χ1v) is 7.44. The van der Waals surface area contributed by atoms with Crippen LogP contribution >= 0.6 is 8.58 Å². The Kier molecular flexibility index (Phi) is 5.28. The van der Waals surface area contributed by atoms with Crippen molar-refractivity contribution in [3.05, 3.63) is 0 Å². The summed E-state index contributed by atoms with van der Waals surface area (Å²) in [6.07, 6.45) is 7.00. The second-order valence-corrected chi connectivity index (χ2v) is 5.18. The monoisotopic (exact) mass is 201 g/mol. The van der Waals surface area contributed by atoms with Gasteiger partial charge in [0, 0.05) is 12.1 Å². The Morgan fingerprint density at radius 2 is 2.08 bits per heavy atom. The van der Waals surface area contributed by atoms with Crippen LogP contribution in [-0.4, -0.2) is 36.4 Å². The minimum Gasteiger partial charge on any atom is -0.297 e. The molecule has 2 heteroatoms. The summed E-state index contributed by atoms with van der Waals surface area (Å²) in [6.45, 7) is 8.36. The molecule has 0 spiro atoms. The Balaban J connectivity index is 2.45. The third kappa shape index (κ3) is 2.92. The van der Waals surface area contributed by atoms with Crippen LogP contribution in [0.25, 0.3) is 0 Å². The first-order chi connectivity index (χ1) is 6.33. The maximum absolute atomic E-state index is 2.77. The lowest BCUT2D eigenvalue weighted by Gasteiger charge is -2.31. The smallest absolute Gasteiger partial charge is 0.0135 e. The molecule has 0 bridgehead atoms. The molecule has 1 saturated heterocycles. The Hall–Kier alpha value is 0.390. The Morgan fingerprint density at radius 3 is 2.62 bits per heavy atom. The number of hydrogen-bond acceptors (Lipinski definition) is 1. The van der Waals surface area contributed by atoms with Gasteiger partial charge in [-0.1, -0.05) is 13.8 Å². The number of nitrogens with zero attached hydrogens (tertiary/aromatic N) is 1. The van der Waals surface area contributed by atoms with Gasteiger partial charge in [-0.15, -0.1) is 8.58 Å². The van der Waals surface area contributed by atoms with Gasteiger partial charge in [0.25, 0.3) is 0 Å². The third-order valence-electron chi connectivity index (χ3n) is 3.27. The van der Waals surface area contributed by atoms with Gasteiger partial charge in [-0.2, -0.15) is 0 Å². The molecule has 1 heterocycles. The van der Waals surface area contributed by atoms with E-state index in [1.807, 2.05) is 0 Å². The van der Waals surface area contributed by atoms with E-state index in [9.17, 15) is 0 Å². The van der Waals surface area contributed by atoms with E-state index in [1.54, 1.807) is 0 Å². The molecule has 0 amide bonds. The van der Waals surface area contributed by atoms with Crippen molar-refractivity contribution in [2.45, 2.75) is 51.6 Å². The molecule has 78 valence electrons. The van der Waals surface area contributed by atoms with Gasteiger partial charge in [0.15, 0.2) is 0 Å². The molecule has 0 N–H and O–H groups in total. The van der Waals surface area contributed by atoms with Crippen LogP contribution in [0, 0.1) is 0 Å². The second kappa shape index (κ2) is 5.98. The van der Waals surface area contributed by atoms with Gasteiger partial charge in [-0.3, -0.25) is 4.90 Å². The first kappa shape index (κ1) is 11.5. The van der Waals surface area contributed by atoms with Gasteiger partial charge >= 0.3 is 0 Å². The van der Waals surface area contributed by atoms with E-state index in [4.69, 9.17) is 0 Å². The molecule has 0 aliphatic carbocycles. The summed E-state index contributed by atoms with van der Waals surface area (Å²) in [5.41, 5.74) is 0. The highest BCUT2D eigenvalue weighted by molar-refractivity contribution is 7.37. The lowest BCUT2D eigenvalue weighted by atomic mass is 10.1. The fraction of sp³-hybridized carbons (Fsp3) is 1.00. The summed E-state index contributed by atoms with van der Waals surface area (Å²) < 4.78 is 0. The van der Waals surface area contributed by atoms with Crippen LogP contribution in [0.1, 0.15) is 39.5 Å². The molecule has 2 unspecified atom stereocenters. The van der Waals surface area contributed by atoms with Gasteiger partial charge < -0.3 is 0 Å². The zero-order valence-electron chi connectivity index (χ0n) is 9.34. The molecule has 1 aliphatic heterocycles. The van der Waals surface area contributed by atoms with Crippen molar-refractivity contribution in [2.75, 3.05) is 19.4 Å². The molecule has 0 radical (unpaired) electrons. The highest BCUT2D eigenvalue weighted by atomic mass is 31.1. The SMILES string of the molecule is CCC(CC)N1CCCC1CPC. The topological polar surface area (TPSA) is 3.24 Å². The number of likely N-dealkylation sites (tertiary alicyclic amines) is 1. The third-order valence-corrected chi connectivity index (χ3v) is 4.15. The molecule has 13 heavy (non-hydrogen) atoms. The molecular formula is C11H24NP. The normalized spacial score (nSPS) is 25.4. The van der Waals surface area contributed by atoms with Crippen molar-refractivity contribution in [1.82, 2.24) is 4.90 Å². The van der Waals surface area contributed by atoms with Crippen LogP contribution in [0.4, 0.5) is 0 Å². The molecule has 2 atom stereocenters. The summed E-state index contributed by atoms with van der Waals surface area (Å²) in [6, 6.07) is 1.79. The fourth-order valence-electron chi connectivity index (χ4n) is 2.55. The molecule has 1 nitrogen and oxygen atoms in total. The van der Waals surface area contributed by atoms with Crippen molar-refractivity contribution in [3.63, 3.8) is 0 Å². The predicted molar refractivity (Wildman–Crippen MR) is 63.2 cm³/mol. The van der Waals surface area contributed by atoms with E-state index >= 15 is 0 Å². The van der Waals surface area contributed by atoms with Crippen molar-refractivity contribution in [3.8, 4) is 0 Å². The predicted octanol–water partition coefficient (Wildman–Crippen LogP) is 2.95. The summed E-state index contributed by atoms with van der Waals surface area (Å²) in [7, 11) is 1.13. The summed E-state index contributed by atoms with van der Waals surface area (Å²) in [5.74, 6) is 0. The van der Waals surface area contributed by atoms with Crippen molar-refractivity contribution < 1.29 is 0 Å². The van der Waals surface area contributed by atoms with Gasteiger partial charge in [-0.05, 0) is 45.1 Å². The van der Waals surface area contributed by atoms with Crippen LogP contribution in [-0.2, 0) is 0 Å². The average Bonchev–Trinajstić information content (AvgIpc) is 2.57. The van der Waals surface area contributed by atoms with Crippen LogP contribution in [0.2, 0.25) is 0 Å². The standard InChI is InChI=1S/C11H24NP/c1-4-10(5-2)12-8-6-7-11(12)9-13-3/h10-11,13H,4-9H2,1-3H3. The minimum absolute atomic E-state index is 0.865. The van der Waals surface area contributed by atoms with Crippen LogP contribution in [0.5, 0.6) is 0 Å². The summed E-state index contributed by atoms with van der Waals surface area (Å²) >= 11 is 0. The summed E-state index contributed by atoms with van der Waals surface area (Å²) in [4.78, 5) is 2.77. The van der Waals surface area contributed by atoms with E-state index in [-0.39, 0.29) is 0 Å². The minimum atomic E-state index is 0.865. The molecule has 0 saturated carbocycles. The van der Waals surface area contributed by atoms with Crippen molar-refractivity contribution in [1.29, 1.82) is 0 Å². The molecule has 1 fully saturated rings. The van der Waals surface area contributed by atoms with E-state index < -0.39 is 0 Å². The maximum Gasteiger partial charge on any atom is 0.0135 e. The zero-order chi connectivity index (χ0) is 9.68. The quantitative estimate of drug-likeness (QED) is 0.618. The molecule has 0 aromatic heterocycles. The zero-order valence-corrected chi connectivity index (χ0v) is 10.3. The fourth-order valence-corrected chi connectivity index (χ4v) is 3.46. The number of rotatable bonds is 5. The Morgan fingerprint density at radius 1 is 1.38 bits per heavy atom. The molecule has 0 aromatic carbocycles. The van der Waals surface area contributed by atoms with Gasteiger partial charge in [-0.25, -0.2) is 0 Å². The largest absolute Gasteiger partial charge is 0.297 e. The molecule has 1 rings (SSSR count). The van der Waals surface area contributed by atoms with Crippen molar-refractivity contribution >= 4 is 8.58 Å². The van der Waals surface area contributed by atoms with E-state index in [2.05, 4.69) is 25.4 Å². The lowest BCUT2D eigenvalue weighted by Crippen LogP contribution is -2.39. The maximum atomic E-state index is 2.77. The van der Waals surface area contributed by atoms with Crippen LogP contribution in [0.3, 0.4) is 0 Å². The van der Waals surface area contributed by atoms with E-state index in [0.717, 1.165) is 20.7 Å². The summed E-state index contributed by atoms with van der Waals surface area (Å²) in [5, 5.41) is 0. The number of hydrogen-bond donors (Lipinski definition) is 0. The van der Waals surface area contributed by atoms with E-state index in [0.29, 0.717) is 0 Å². The molecule has 0 aromatic rings. The van der Waals surface area contributed by atoms with Gasteiger partial charge in [0.2, 0.25) is 0 Å². The molecular weight excluding hydrogens is 177 g/mol.